The standard InChI is InChI=1S/C7H18N2O2/c1-9(11-3)6-7(8)4-5-10-2/h7H,4-6,8H2,1-3H3. The minimum Gasteiger partial charge on any atom is -0.385 e. The van der Waals surface area contributed by atoms with Gasteiger partial charge in [-0.2, -0.15) is 5.06 Å². The van der Waals surface area contributed by atoms with Crippen molar-refractivity contribution in [3.63, 3.8) is 0 Å². The van der Waals surface area contributed by atoms with Gasteiger partial charge < -0.3 is 15.3 Å². The van der Waals surface area contributed by atoms with Crippen LogP contribution in [0, 0.1) is 0 Å². The van der Waals surface area contributed by atoms with E-state index in [9.17, 15) is 0 Å². The van der Waals surface area contributed by atoms with Gasteiger partial charge in [-0.25, -0.2) is 0 Å². The molecule has 0 saturated heterocycles. The lowest BCUT2D eigenvalue weighted by atomic mass is 10.2. The molecule has 4 nitrogen and oxygen atoms in total. The lowest BCUT2D eigenvalue weighted by molar-refractivity contribution is -0.112. The maximum atomic E-state index is 5.73. The number of hydrogen-bond donors (Lipinski definition) is 1. The highest BCUT2D eigenvalue weighted by atomic mass is 16.7. The van der Waals surface area contributed by atoms with Gasteiger partial charge in [-0.1, -0.05) is 0 Å². The molecule has 0 aromatic carbocycles. The maximum absolute atomic E-state index is 5.73. The van der Waals surface area contributed by atoms with E-state index in [1.54, 1.807) is 19.3 Å². The summed E-state index contributed by atoms with van der Waals surface area (Å²) < 4.78 is 4.89. The van der Waals surface area contributed by atoms with E-state index < -0.39 is 0 Å². The van der Waals surface area contributed by atoms with Crippen LogP contribution in [0.5, 0.6) is 0 Å². The van der Waals surface area contributed by atoms with Gasteiger partial charge in [0.2, 0.25) is 0 Å². The van der Waals surface area contributed by atoms with Crippen LogP contribution in [0.4, 0.5) is 0 Å². The van der Waals surface area contributed by atoms with E-state index in [-0.39, 0.29) is 6.04 Å². The average Bonchev–Trinajstić information content (AvgIpc) is 2.00. The van der Waals surface area contributed by atoms with Crippen LogP contribution < -0.4 is 5.73 Å². The quantitative estimate of drug-likeness (QED) is 0.551. The molecular formula is C7H18N2O2. The summed E-state index contributed by atoms with van der Waals surface area (Å²) in [5, 5.41) is 1.71. The molecule has 0 aromatic heterocycles. The Morgan fingerprint density at radius 3 is 2.55 bits per heavy atom. The molecule has 11 heavy (non-hydrogen) atoms. The first-order valence-electron chi connectivity index (χ1n) is 3.70. The van der Waals surface area contributed by atoms with Gasteiger partial charge in [0.1, 0.15) is 0 Å². The van der Waals surface area contributed by atoms with Crippen LogP contribution in [0.2, 0.25) is 0 Å². The largest absolute Gasteiger partial charge is 0.385 e. The Hall–Kier alpha value is -0.160. The molecule has 1 atom stereocenters. The van der Waals surface area contributed by atoms with Crippen molar-refractivity contribution < 1.29 is 9.57 Å². The summed E-state index contributed by atoms with van der Waals surface area (Å²) in [4.78, 5) is 4.91. The van der Waals surface area contributed by atoms with Gasteiger partial charge in [0, 0.05) is 33.4 Å². The first-order chi connectivity index (χ1) is 5.20. The first kappa shape index (κ1) is 10.8. The van der Waals surface area contributed by atoms with Crippen LogP contribution in [-0.4, -0.2) is 45.5 Å². The predicted octanol–water partition coefficient (Wildman–Crippen LogP) is -0.157. The molecule has 0 amide bonds. The van der Waals surface area contributed by atoms with E-state index in [4.69, 9.17) is 15.3 Å². The molecule has 68 valence electrons. The number of hydrogen-bond acceptors (Lipinski definition) is 4. The molecule has 1 unspecified atom stereocenters. The Bertz CT molecular complexity index is 90.5. The first-order valence-corrected chi connectivity index (χ1v) is 3.70. The minimum absolute atomic E-state index is 0.125. The van der Waals surface area contributed by atoms with Crippen molar-refractivity contribution in [3.05, 3.63) is 0 Å². The summed E-state index contributed by atoms with van der Waals surface area (Å²) in [6.45, 7) is 1.44. The number of nitrogens with two attached hydrogens (primary N) is 1. The molecule has 0 aromatic rings. The third-order valence-electron chi connectivity index (χ3n) is 1.50. The van der Waals surface area contributed by atoms with Crippen LogP contribution in [0.3, 0.4) is 0 Å². The van der Waals surface area contributed by atoms with Gasteiger partial charge >= 0.3 is 0 Å². The molecule has 0 bridgehead atoms. The van der Waals surface area contributed by atoms with Crippen LogP contribution in [-0.2, 0) is 9.57 Å². The molecule has 0 heterocycles. The Kier molecular flexibility index (Phi) is 6.45. The highest BCUT2D eigenvalue weighted by Crippen LogP contribution is 1.91. The van der Waals surface area contributed by atoms with Crippen molar-refractivity contribution in [3.8, 4) is 0 Å². The van der Waals surface area contributed by atoms with Crippen LogP contribution >= 0.6 is 0 Å². The predicted molar refractivity (Wildman–Crippen MR) is 44.1 cm³/mol. The van der Waals surface area contributed by atoms with Crippen LogP contribution in [0.15, 0.2) is 0 Å². The second kappa shape index (κ2) is 6.54. The van der Waals surface area contributed by atoms with Crippen molar-refractivity contribution in [2.75, 3.05) is 34.4 Å². The van der Waals surface area contributed by atoms with Gasteiger partial charge in [-0.3, -0.25) is 0 Å². The summed E-state index contributed by atoms with van der Waals surface area (Å²) in [5.74, 6) is 0. The topological polar surface area (TPSA) is 47.7 Å². The second-order valence-electron chi connectivity index (χ2n) is 2.53. The molecular weight excluding hydrogens is 144 g/mol. The summed E-state index contributed by atoms with van der Waals surface area (Å²) in [5.41, 5.74) is 5.73. The zero-order chi connectivity index (χ0) is 8.69. The lowest BCUT2D eigenvalue weighted by Crippen LogP contribution is -2.35. The molecule has 0 aliphatic heterocycles. The van der Waals surface area contributed by atoms with Gasteiger partial charge in [0.05, 0.1) is 7.11 Å². The monoisotopic (exact) mass is 162 g/mol. The third-order valence-corrected chi connectivity index (χ3v) is 1.50. The molecule has 0 rings (SSSR count). The Morgan fingerprint density at radius 2 is 2.09 bits per heavy atom. The fraction of sp³-hybridized carbons (Fsp3) is 1.00. The Balaban J connectivity index is 3.27. The highest BCUT2D eigenvalue weighted by molar-refractivity contribution is 4.61. The molecule has 0 spiro atoms. The Labute approximate surface area is 68.2 Å². The van der Waals surface area contributed by atoms with E-state index in [0.717, 1.165) is 13.0 Å². The fourth-order valence-electron chi connectivity index (χ4n) is 0.765. The van der Waals surface area contributed by atoms with Crippen molar-refractivity contribution in [1.82, 2.24) is 5.06 Å². The van der Waals surface area contributed by atoms with E-state index in [2.05, 4.69) is 0 Å². The van der Waals surface area contributed by atoms with Crippen molar-refractivity contribution in [2.45, 2.75) is 12.5 Å². The van der Waals surface area contributed by atoms with Crippen molar-refractivity contribution >= 4 is 0 Å². The van der Waals surface area contributed by atoms with Crippen molar-refractivity contribution in [2.24, 2.45) is 5.73 Å². The minimum atomic E-state index is 0.125. The zero-order valence-electron chi connectivity index (χ0n) is 7.54. The molecule has 0 aliphatic rings. The smallest absolute Gasteiger partial charge is 0.0575 e. The molecule has 4 heteroatoms. The van der Waals surface area contributed by atoms with E-state index in [0.29, 0.717) is 6.61 Å². The van der Waals surface area contributed by atoms with Gasteiger partial charge in [-0.05, 0) is 6.42 Å². The molecule has 2 N–H and O–H groups in total. The summed E-state index contributed by atoms with van der Waals surface area (Å²) >= 11 is 0. The second-order valence-corrected chi connectivity index (χ2v) is 2.53. The normalized spacial score (nSPS) is 13.9. The van der Waals surface area contributed by atoms with Crippen LogP contribution in [0.25, 0.3) is 0 Å². The fourth-order valence-corrected chi connectivity index (χ4v) is 0.765. The zero-order valence-corrected chi connectivity index (χ0v) is 7.54. The van der Waals surface area contributed by atoms with Crippen LogP contribution in [0.1, 0.15) is 6.42 Å². The molecule has 0 saturated carbocycles. The van der Waals surface area contributed by atoms with E-state index in [1.165, 1.54) is 0 Å². The van der Waals surface area contributed by atoms with E-state index in [1.807, 2.05) is 7.05 Å². The lowest BCUT2D eigenvalue weighted by Gasteiger charge is -2.18. The number of methoxy groups -OCH3 is 1. The van der Waals surface area contributed by atoms with Gasteiger partial charge in [0.25, 0.3) is 0 Å². The maximum Gasteiger partial charge on any atom is 0.0575 e. The summed E-state index contributed by atoms with van der Waals surface area (Å²) in [6.07, 6.45) is 0.865. The number of ether oxygens (including phenoxy) is 1. The Morgan fingerprint density at radius 1 is 1.45 bits per heavy atom. The molecule has 0 aliphatic carbocycles. The average molecular weight is 162 g/mol. The van der Waals surface area contributed by atoms with Gasteiger partial charge in [-0.15, -0.1) is 0 Å². The van der Waals surface area contributed by atoms with E-state index >= 15 is 0 Å². The summed E-state index contributed by atoms with van der Waals surface area (Å²) in [6, 6.07) is 0.125. The number of likely N-dealkylation sites (N-methyl/N-ethyl adjacent to an activating group) is 1. The highest BCUT2D eigenvalue weighted by Gasteiger charge is 2.04. The number of nitrogens with zero attached hydrogens (tertiary/aromatic N) is 1. The third kappa shape index (κ3) is 6.25. The SMILES string of the molecule is COCCC(N)CN(C)OC. The summed E-state index contributed by atoms with van der Waals surface area (Å²) in [7, 11) is 5.16. The number of rotatable bonds is 6. The number of hydroxylamine groups is 2. The molecule has 0 radical (unpaired) electrons. The van der Waals surface area contributed by atoms with Crippen molar-refractivity contribution in [1.29, 1.82) is 0 Å². The molecule has 0 fully saturated rings. The van der Waals surface area contributed by atoms with Gasteiger partial charge in [0.15, 0.2) is 0 Å².